The van der Waals surface area contributed by atoms with E-state index in [9.17, 15) is 23.6 Å². The molecule has 0 aliphatic carbocycles. The number of aldehydes is 1. The van der Waals surface area contributed by atoms with Crippen LogP contribution in [-0.2, 0) is 36.8 Å². The number of benzene rings is 3. The van der Waals surface area contributed by atoms with Crippen LogP contribution in [0.1, 0.15) is 92.3 Å². The summed E-state index contributed by atoms with van der Waals surface area (Å²) in [6.07, 6.45) is 5.99. The molecule has 13 nitrogen and oxygen atoms in total. The van der Waals surface area contributed by atoms with E-state index >= 15 is 0 Å². The van der Waals surface area contributed by atoms with Crippen LogP contribution in [0.3, 0.4) is 0 Å². The van der Waals surface area contributed by atoms with E-state index in [1.807, 2.05) is 52.0 Å². The highest BCUT2D eigenvalue weighted by Crippen LogP contribution is 2.36. The summed E-state index contributed by atoms with van der Waals surface area (Å²) >= 11 is 0. The van der Waals surface area contributed by atoms with Crippen LogP contribution in [0, 0.1) is 5.82 Å². The number of halogens is 1. The number of piperazine rings is 1. The van der Waals surface area contributed by atoms with Crippen molar-refractivity contribution >= 4 is 48.8 Å². The fraction of sp³-hybridized carbons (Fsp3) is 0.383. The SMILES string of the molecule is CN/C(=C\c1cccc(C(=O)c2ccc(F)cc2)c1)C(=O)N/C(C=O)=C\c1ncn(CCCN2CCN(C(=O)OCc3ccc(B4OC(C)(C)C(C)(C)O4)cc3)CC2)c1C(C)C. The molecule has 0 unspecified atom stereocenters. The van der Waals surface area contributed by atoms with Crippen LogP contribution in [0.25, 0.3) is 12.2 Å². The molecule has 2 aliphatic heterocycles. The number of hydrogen-bond donors (Lipinski definition) is 2. The number of ether oxygens (including phenoxy) is 1. The Morgan fingerprint density at radius 3 is 2.21 bits per heavy atom. The first-order valence-electron chi connectivity index (χ1n) is 21.0. The Kier molecular flexibility index (Phi) is 14.6. The number of aromatic nitrogens is 2. The molecule has 0 bridgehead atoms. The predicted molar refractivity (Wildman–Crippen MR) is 237 cm³/mol. The van der Waals surface area contributed by atoms with E-state index in [2.05, 4.69) is 38.9 Å². The zero-order chi connectivity index (χ0) is 44.6. The maximum atomic E-state index is 13.4. The maximum Gasteiger partial charge on any atom is 0.494 e. The van der Waals surface area contributed by atoms with Gasteiger partial charge in [-0.3, -0.25) is 19.3 Å². The minimum atomic E-state index is -0.551. The van der Waals surface area contributed by atoms with Crippen LogP contribution in [0.4, 0.5) is 9.18 Å². The van der Waals surface area contributed by atoms with Gasteiger partial charge in [0, 0.05) is 56.6 Å². The molecule has 326 valence electrons. The van der Waals surface area contributed by atoms with Gasteiger partial charge in [-0.15, -0.1) is 0 Å². The molecule has 3 heterocycles. The van der Waals surface area contributed by atoms with Crippen molar-refractivity contribution in [1.82, 2.24) is 30.0 Å². The number of likely N-dealkylation sites (N-methyl/N-ethyl adjacent to an activating group) is 1. The molecule has 2 aliphatic rings. The molecule has 2 saturated heterocycles. The van der Waals surface area contributed by atoms with E-state index in [1.54, 1.807) is 54.7 Å². The highest BCUT2D eigenvalue weighted by Gasteiger charge is 2.51. The Labute approximate surface area is 363 Å². The zero-order valence-corrected chi connectivity index (χ0v) is 36.6. The van der Waals surface area contributed by atoms with Crippen molar-refractivity contribution in [3.05, 3.63) is 130 Å². The highest BCUT2D eigenvalue weighted by molar-refractivity contribution is 6.62. The lowest BCUT2D eigenvalue weighted by molar-refractivity contribution is -0.118. The van der Waals surface area contributed by atoms with Gasteiger partial charge < -0.3 is 34.1 Å². The molecule has 2 N–H and O–H groups in total. The number of aryl methyl sites for hydroxylation is 1. The summed E-state index contributed by atoms with van der Waals surface area (Å²) in [5.74, 6) is -1.19. The van der Waals surface area contributed by atoms with Crippen molar-refractivity contribution in [3.63, 3.8) is 0 Å². The van der Waals surface area contributed by atoms with Crippen LogP contribution in [0.5, 0.6) is 0 Å². The van der Waals surface area contributed by atoms with Crippen molar-refractivity contribution in [2.45, 2.75) is 78.2 Å². The molecule has 15 heteroatoms. The summed E-state index contributed by atoms with van der Waals surface area (Å²) in [6, 6.07) is 19.8. The number of carbonyl (C=O) groups excluding carboxylic acids is 4. The minimum absolute atomic E-state index is 0.0377. The number of carbonyl (C=O) groups is 4. The van der Waals surface area contributed by atoms with Crippen LogP contribution >= 0.6 is 0 Å². The van der Waals surface area contributed by atoms with Crippen molar-refractivity contribution in [1.29, 1.82) is 0 Å². The van der Waals surface area contributed by atoms with Crippen molar-refractivity contribution < 1.29 is 37.6 Å². The van der Waals surface area contributed by atoms with Crippen LogP contribution in [0.15, 0.2) is 90.5 Å². The second kappa shape index (κ2) is 19.9. The first kappa shape index (κ1) is 45.6. The normalized spacial score (nSPS) is 16.7. The highest BCUT2D eigenvalue weighted by atomic mass is 19.1. The minimum Gasteiger partial charge on any atom is -0.445 e. The quantitative estimate of drug-likeness (QED) is 0.0603. The summed E-state index contributed by atoms with van der Waals surface area (Å²) in [5.41, 5.74) is 3.98. The lowest BCUT2D eigenvalue weighted by atomic mass is 9.79. The Morgan fingerprint density at radius 1 is 0.903 bits per heavy atom. The van der Waals surface area contributed by atoms with Gasteiger partial charge in [-0.25, -0.2) is 14.2 Å². The van der Waals surface area contributed by atoms with E-state index < -0.39 is 30.0 Å². The van der Waals surface area contributed by atoms with Gasteiger partial charge in [-0.05, 0) is 106 Å². The van der Waals surface area contributed by atoms with Gasteiger partial charge >= 0.3 is 13.2 Å². The zero-order valence-electron chi connectivity index (χ0n) is 36.6. The molecule has 1 aromatic heterocycles. The fourth-order valence-electron chi connectivity index (χ4n) is 7.33. The second-order valence-corrected chi connectivity index (χ2v) is 16.9. The average Bonchev–Trinajstić information content (AvgIpc) is 3.76. The number of imidazole rings is 1. The van der Waals surface area contributed by atoms with E-state index in [1.165, 1.54) is 24.3 Å². The standard InChI is InChI=1S/C47H56BFN6O7/c1-32(2)42-40(28-39(29-56)52-44(58)41(50-7)27-34-10-8-11-36(26-34)43(57)35-14-18-38(49)19-15-35)51-31-55(42)21-9-20-53-22-24-54(25-23-53)45(59)60-30-33-12-16-37(17-13-33)48-61-46(3,4)47(5,6)62-48/h8,10-19,26-29,31-32,50H,9,20-25,30H2,1-7H3,(H,52,58)/b39-28-,41-27-. The molecule has 2 fully saturated rings. The molecule has 0 spiro atoms. The van der Waals surface area contributed by atoms with Gasteiger partial charge in [0.1, 0.15) is 18.1 Å². The summed E-state index contributed by atoms with van der Waals surface area (Å²) in [4.78, 5) is 60.1. The van der Waals surface area contributed by atoms with Crippen molar-refractivity contribution in [3.8, 4) is 0 Å². The summed E-state index contributed by atoms with van der Waals surface area (Å²) in [6.45, 7) is 16.5. The molecule has 3 aromatic carbocycles. The number of hydrogen-bond acceptors (Lipinski definition) is 10. The smallest absolute Gasteiger partial charge is 0.445 e. The number of nitrogens with one attached hydrogen (secondary N) is 2. The molecular weight excluding hydrogens is 790 g/mol. The number of amides is 2. The molecule has 6 rings (SSSR count). The first-order valence-corrected chi connectivity index (χ1v) is 21.0. The largest absolute Gasteiger partial charge is 0.494 e. The summed E-state index contributed by atoms with van der Waals surface area (Å²) in [5, 5.41) is 5.55. The molecule has 2 amide bonds. The van der Waals surface area contributed by atoms with Gasteiger partial charge in [-0.1, -0.05) is 56.3 Å². The number of rotatable bonds is 16. The molecule has 0 saturated carbocycles. The number of allylic oxidation sites excluding steroid dienone is 1. The molecular formula is C47H56BFN6O7. The van der Waals surface area contributed by atoms with Crippen LogP contribution in [0.2, 0.25) is 0 Å². The first-order chi connectivity index (χ1) is 29.6. The third-order valence-corrected chi connectivity index (χ3v) is 11.6. The topological polar surface area (TPSA) is 144 Å². The molecule has 4 aromatic rings. The van der Waals surface area contributed by atoms with Gasteiger partial charge in [-0.2, -0.15) is 0 Å². The van der Waals surface area contributed by atoms with E-state index in [0.717, 1.165) is 42.8 Å². The predicted octanol–water partition coefficient (Wildman–Crippen LogP) is 5.94. The van der Waals surface area contributed by atoms with Gasteiger partial charge in [0.25, 0.3) is 5.91 Å². The van der Waals surface area contributed by atoms with Gasteiger partial charge in [0.2, 0.25) is 0 Å². The van der Waals surface area contributed by atoms with Crippen molar-refractivity contribution in [2.75, 3.05) is 39.8 Å². The lowest BCUT2D eigenvalue weighted by Gasteiger charge is -2.34. The molecule has 0 radical (unpaired) electrons. The van der Waals surface area contributed by atoms with E-state index in [4.69, 9.17) is 14.0 Å². The number of ketones is 1. The summed E-state index contributed by atoms with van der Waals surface area (Å²) < 4.78 is 33.4. The lowest BCUT2D eigenvalue weighted by Crippen LogP contribution is -2.49. The Morgan fingerprint density at radius 2 is 1.58 bits per heavy atom. The third kappa shape index (κ3) is 11.1. The van der Waals surface area contributed by atoms with Gasteiger partial charge in [0.05, 0.1) is 28.9 Å². The average molecular weight is 847 g/mol. The Hall–Kier alpha value is -5.90. The maximum absolute atomic E-state index is 13.4. The third-order valence-electron chi connectivity index (χ3n) is 11.6. The van der Waals surface area contributed by atoms with E-state index in [-0.39, 0.29) is 35.8 Å². The second-order valence-electron chi connectivity index (χ2n) is 16.9. The van der Waals surface area contributed by atoms with Crippen LogP contribution < -0.4 is 16.1 Å². The fourth-order valence-corrected chi connectivity index (χ4v) is 7.33. The van der Waals surface area contributed by atoms with E-state index in [0.29, 0.717) is 48.3 Å². The van der Waals surface area contributed by atoms with Crippen LogP contribution in [-0.4, -0.2) is 102 Å². The molecule has 62 heavy (non-hydrogen) atoms. The monoisotopic (exact) mass is 846 g/mol. The molecule has 0 atom stereocenters. The van der Waals surface area contributed by atoms with Crippen molar-refractivity contribution in [2.24, 2.45) is 0 Å². The van der Waals surface area contributed by atoms with Gasteiger partial charge in [0.15, 0.2) is 12.1 Å². The Bertz CT molecular complexity index is 2280. The summed E-state index contributed by atoms with van der Waals surface area (Å²) in [7, 11) is 1.14. The Balaban J connectivity index is 0.973. The number of nitrogens with zero attached hydrogens (tertiary/aromatic N) is 4.